The molecule has 2 atom stereocenters. The Morgan fingerprint density at radius 2 is 2.28 bits per heavy atom. The highest BCUT2D eigenvalue weighted by molar-refractivity contribution is 9.10. The Morgan fingerprint density at radius 1 is 1.48 bits per heavy atom. The molecule has 0 aromatic carbocycles. The number of fused-ring (bicyclic) bond motifs is 1. The fraction of sp³-hybridized carbons (Fsp3) is 0.647. The van der Waals surface area contributed by atoms with Gasteiger partial charge in [0, 0.05) is 26.2 Å². The quantitative estimate of drug-likeness (QED) is 0.822. The van der Waals surface area contributed by atoms with Crippen LogP contribution in [0.15, 0.2) is 10.9 Å². The molecule has 7 nitrogen and oxygen atoms in total. The number of carbonyl (C=O) groups is 1. The highest BCUT2D eigenvalue weighted by atomic mass is 79.9. The Labute approximate surface area is 156 Å². The summed E-state index contributed by atoms with van der Waals surface area (Å²) in [6.07, 6.45) is 5.55. The molecule has 3 rings (SSSR count). The fourth-order valence-corrected chi connectivity index (χ4v) is 4.11. The van der Waals surface area contributed by atoms with Crippen molar-refractivity contribution >= 4 is 38.7 Å². The number of piperidine rings is 1. The minimum Gasteiger partial charge on any atom is -0.355 e. The zero-order chi connectivity index (χ0) is 18.0. The zero-order valence-electron chi connectivity index (χ0n) is 15.0. The number of nitrogens with zero attached hydrogens (tertiary/aromatic N) is 5. The normalized spacial score (nSPS) is 19.2. The van der Waals surface area contributed by atoms with Gasteiger partial charge in [0.15, 0.2) is 5.65 Å². The summed E-state index contributed by atoms with van der Waals surface area (Å²) in [6, 6.07) is 0.228. The van der Waals surface area contributed by atoms with E-state index in [-0.39, 0.29) is 17.9 Å². The number of nitrogens with one attached hydrogen (secondary N) is 1. The van der Waals surface area contributed by atoms with Crippen molar-refractivity contribution in [3.05, 3.63) is 10.9 Å². The highest BCUT2D eigenvalue weighted by Crippen LogP contribution is 2.32. The van der Waals surface area contributed by atoms with Crippen LogP contribution in [-0.4, -0.2) is 44.8 Å². The van der Waals surface area contributed by atoms with Crippen LogP contribution in [0.4, 0.5) is 5.82 Å². The van der Waals surface area contributed by atoms with E-state index >= 15 is 0 Å². The smallest absolute Gasteiger partial charge is 0.225 e. The number of hydrogen-bond acceptors (Lipinski definition) is 5. The first-order valence-electron chi connectivity index (χ1n) is 8.89. The molecule has 2 aromatic rings. The molecular weight excluding hydrogens is 384 g/mol. The number of carbonyl (C=O) groups excluding carboxylic acids is 1. The van der Waals surface area contributed by atoms with Gasteiger partial charge < -0.3 is 10.2 Å². The molecule has 3 heterocycles. The summed E-state index contributed by atoms with van der Waals surface area (Å²) in [5, 5.41) is 8.44. The summed E-state index contributed by atoms with van der Waals surface area (Å²) in [6.45, 7) is 5.78. The molecule has 0 spiro atoms. The van der Waals surface area contributed by atoms with Crippen LogP contribution in [0.3, 0.4) is 0 Å². The Bertz CT molecular complexity index is 761. The molecule has 1 fully saturated rings. The van der Waals surface area contributed by atoms with E-state index in [1.165, 1.54) is 0 Å². The number of anilines is 1. The summed E-state index contributed by atoms with van der Waals surface area (Å²) in [5.74, 6) is 0.999. The van der Waals surface area contributed by atoms with E-state index in [0.717, 1.165) is 53.7 Å². The van der Waals surface area contributed by atoms with E-state index < -0.39 is 0 Å². The van der Waals surface area contributed by atoms with E-state index in [2.05, 4.69) is 55.1 Å². The van der Waals surface area contributed by atoms with Gasteiger partial charge in [-0.2, -0.15) is 5.10 Å². The van der Waals surface area contributed by atoms with Gasteiger partial charge in [-0.05, 0) is 42.1 Å². The van der Waals surface area contributed by atoms with Crippen molar-refractivity contribution in [1.29, 1.82) is 0 Å². The number of hydrogen-bond donors (Lipinski definition) is 1. The van der Waals surface area contributed by atoms with E-state index in [0.29, 0.717) is 6.54 Å². The van der Waals surface area contributed by atoms with Crippen LogP contribution >= 0.6 is 15.9 Å². The van der Waals surface area contributed by atoms with E-state index in [1.807, 2.05) is 7.05 Å². The van der Waals surface area contributed by atoms with Gasteiger partial charge in [-0.3, -0.25) is 4.79 Å². The molecule has 8 heteroatoms. The minimum absolute atomic E-state index is 0.00600. The van der Waals surface area contributed by atoms with Crippen molar-refractivity contribution in [2.45, 2.75) is 45.6 Å². The Balaban J connectivity index is 1.79. The van der Waals surface area contributed by atoms with Gasteiger partial charge in [0.1, 0.15) is 16.7 Å². The molecule has 1 amide bonds. The summed E-state index contributed by atoms with van der Waals surface area (Å²) >= 11 is 3.51. The average Bonchev–Trinajstić information content (AvgIpc) is 2.90. The van der Waals surface area contributed by atoms with Crippen molar-refractivity contribution in [3.63, 3.8) is 0 Å². The molecule has 0 bridgehead atoms. The van der Waals surface area contributed by atoms with Gasteiger partial charge in [0.05, 0.1) is 11.3 Å². The lowest BCUT2D eigenvalue weighted by molar-refractivity contribution is -0.125. The van der Waals surface area contributed by atoms with Crippen LogP contribution < -0.4 is 10.2 Å². The van der Waals surface area contributed by atoms with Crippen molar-refractivity contribution in [1.82, 2.24) is 25.1 Å². The van der Waals surface area contributed by atoms with Gasteiger partial charge in [0.2, 0.25) is 5.91 Å². The standard InChI is InChI=1S/C17H25BrN6O/c1-4-6-11(2)21-17(25)12-7-5-8-24(9-12)16-13-14(18)22-23(3)15(13)19-10-20-16/h10-12H,4-9H2,1-3H3,(H,21,25). The molecule has 0 saturated carbocycles. The summed E-state index contributed by atoms with van der Waals surface area (Å²) in [4.78, 5) is 23.6. The van der Waals surface area contributed by atoms with Crippen LogP contribution in [0.2, 0.25) is 0 Å². The molecule has 2 aromatic heterocycles. The van der Waals surface area contributed by atoms with Crippen molar-refractivity contribution < 1.29 is 4.79 Å². The topological polar surface area (TPSA) is 75.9 Å². The predicted octanol–water partition coefficient (Wildman–Crippen LogP) is 2.65. The van der Waals surface area contributed by atoms with Gasteiger partial charge in [-0.25, -0.2) is 14.6 Å². The van der Waals surface area contributed by atoms with Crippen molar-refractivity contribution in [2.75, 3.05) is 18.0 Å². The molecule has 0 radical (unpaired) electrons. The molecule has 0 aliphatic carbocycles. The lowest BCUT2D eigenvalue weighted by Crippen LogP contribution is -2.45. The first-order chi connectivity index (χ1) is 12.0. The molecule has 25 heavy (non-hydrogen) atoms. The third-order valence-corrected chi connectivity index (χ3v) is 5.32. The monoisotopic (exact) mass is 408 g/mol. The third-order valence-electron chi connectivity index (χ3n) is 4.76. The van der Waals surface area contributed by atoms with E-state index in [9.17, 15) is 4.79 Å². The van der Waals surface area contributed by atoms with Crippen LogP contribution in [0, 0.1) is 5.92 Å². The number of halogens is 1. The van der Waals surface area contributed by atoms with Crippen molar-refractivity contribution in [3.8, 4) is 0 Å². The predicted molar refractivity (Wildman–Crippen MR) is 101 cm³/mol. The van der Waals surface area contributed by atoms with Crippen LogP contribution in [0.5, 0.6) is 0 Å². The molecule has 1 aliphatic rings. The van der Waals surface area contributed by atoms with E-state index in [1.54, 1.807) is 11.0 Å². The number of rotatable bonds is 5. The van der Waals surface area contributed by atoms with Crippen LogP contribution in [0.25, 0.3) is 11.0 Å². The summed E-state index contributed by atoms with van der Waals surface area (Å²) in [5.41, 5.74) is 0.792. The van der Waals surface area contributed by atoms with Gasteiger partial charge >= 0.3 is 0 Å². The SMILES string of the molecule is CCCC(C)NC(=O)C1CCCN(c2ncnc3c2c(Br)nn3C)C1. The second kappa shape index (κ2) is 7.68. The highest BCUT2D eigenvalue weighted by Gasteiger charge is 2.29. The maximum Gasteiger partial charge on any atom is 0.225 e. The summed E-state index contributed by atoms with van der Waals surface area (Å²) in [7, 11) is 1.87. The Hall–Kier alpha value is -1.70. The van der Waals surface area contributed by atoms with E-state index in [4.69, 9.17) is 0 Å². The minimum atomic E-state index is -0.00600. The zero-order valence-corrected chi connectivity index (χ0v) is 16.6. The number of aromatic nitrogens is 4. The second-order valence-electron chi connectivity index (χ2n) is 6.79. The molecule has 1 N–H and O–H groups in total. The molecule has 136 valence electrons. The van der Waals surface area contributed by atoms with Gasteiger partial charge in [-0.15, -0.1) is 0 Å². The maximum absolute atomic E-state index is 12.6. The molecular formula is C17H25BrN6O. The second-order valence-corrected chi connectivity index (χ2v) is 7.54. The van der Waals surface area contributed by atoms with Crippen LogP contribution in [0.1, 0.15) is 39.5 Å². The van der Waals surface area contributed by atoms with Gasteiger partial charge in [0.25, 0.3) is 0 Å². The first kappa shape index (κ1) is 18.1. The van der Waals surface area contributed by atoms with Crippen molar-refractivity contribution in [2.24, 2.45) is 13.0 Å². The third kappa shape index (κ3) is 3.78. The molecule has 1 aliphatic heterocycles. The fourth-order valence-electron chi connectivity index (χ4n) is 3.52. The summed E-state index contributed by atoms with van der Waals surface area (Å²) < 4.78 is 2.48. The number of amides is 1. The Morgan fingerprint density at radius 3 is 3.04 bits per heavy atom. The number of aryl methyl sites for hydroxylation is 1. The molecule has 1 saturated heterocycles. The Kier molecular flexibility index (Phi) is 5.56. The van der Waals surface area contributed by atoms with Crippen LogP contribution in [-0.2, 0) is 11.8 Å². The molecule has 2 unspecified atom stereocenters. The van der Waals surface area contributed by atoms with Gasteiger partial charge in [-0.1, -0.05) is 13.3 Å². The first-order valence-corrected chi connectivity index (χ1v) is 9.69. The lowest BCUT2D eigenvalue weighted by atomic mass is 9.96. The lowest BCUT2D eigenvalue weighted by Gasteiger charge is -2.33. The average molecular weight is 409 g/mol. The largest absolute Gasteiger partial charge is 0.355 e. The maximum atomic E-state index is 12.6.